The maximum atomic E-state index is 13.4. The number of rotatable bonds is 3. The zero-order valence-electron chi connectivity index (χ0n) is 15.4. The van der Waals surface area contributed by atoms with E-state index in [0.29, 0.717) is 42.1 Å². The van der Waals surface area contributed by atoms with Gasteiger partial charge in [0.15, 0.2) is 17.3 Å². The van der Waals surface area contributed by atoms with Gasteiger partial charge in [-0.2, -0.15) is 0 Å². The first-order valence-corrected chi connectivity index (χ1v) is 9.40. The Labute approximate surface area is 166 Å². The number of para-hydroxylation sites is 1. The fourth-order valence-electron chi connectivity index (χ4n) is 3.89. The minimum atomic E-state index is -0.386. The summed E-state index contributed by atoms with van der Waals surface area (Å²) in [6.45, 7) is 0. The molecule has 142 valence electrons. The second-order valence-electron chi connectivity index (χ2n) is 7.03. The molecule has 0 aliphatic heterocycles. The Morgan fingerprint density at radius 3 is 2.48 bits per heavy atom. The number of furan rings is 1. The van der Waals surface area contributed by atoms with Gasteiger partial charge in [0.05, 0.1) is 28.8 Å². The Balaban J connectivity index is 1.72. The van der Waals surface area contributed by atoms with Crippen molar-refractivity contribution in [3.63, 3.8) is 0 Å². The molecule has 0 spiro atoms. The molecular weight excluding hydrogens is 368 g/mol. The number of aromatic nitrogens is 1. The van der Waals surface area contributed by atoms with Gasteiger partial charge >= 0.3 is 0 Å². The van der Waals surface area contributed by atoms with E-state index >= 15 is 0 Å². The highest BCUT2D eigenvalue weighted by atomic mass is 16.3. The SMILES string of the molecule is O=C1CCCc2nc(-c3ccco3)c3c(c21)C(=O)C=C(Nc1ccccc1)C3=O. The van der Waals surface area contributed by atoms with Gasteiger partial charge in [0.1, 0.15) is 5.69 Å². The number of aryl methyl sites for hydroxylation is 1. The fraction of sp³-hybridized carbons (Fsp3) is 0.130. The summed E-state index contributed by atoms with van der Waals surface area (Å²) in [5.41, 5.74) is 2.25. The van der Waals surface area contributed by atoms with Crippen molar-refractivity contribution in [3.05, 3.63) is 82.9 Å². The maximum Gasteiger partial charge on any atom is 0.212 e. The molecule has 0 fully saturated rings. The van der Waals surface area contributed by atoms with Crippen LogP contribution in [0.1, 0.15) is 49.6 Å². The summed E-state index contributed by atoms with van der Waals surface area (Å²) in [6, 6.07) is 12.5. The number of hydrogen-bond donors (Lipinski definition) is 1. The third kappa shape index (κ3) is 2.81. The van der Waals surface area contributed by atoms with Crippen LogP contribution in [0.2, 0.25) is 0 Å². The lowest BCUT2D eigenvalue weighted by molar-refractivity contribution is 0.0951. The highest BCUT2D eigenvalue weighted by molar-refractivity contribution is 6.30. The first-order valence-electron chi connectivity index (χ1n) is 9.40. The van der Waals surface area contributed by atoms with E-state index in [9.17, 15) is 14.4 Å². The third-order valence-electron chi connectivity index (χ3n) is 5.17. The highest BCUT2D eigenvalue weighted by Gasteiger charge is 2.37. The smallest absolute Gasteiger partial charge is 0.212 e. The molecule has 2 aliphatic rings. The summed E-state index contributed by atoms with van der Waals surface area (Å²) in [5, 5.41) is 3.01. The molecule has 0 unspecified atom stereocenters. The molecule has 6 heteroatoms. The minimum Gasteiger partial charge on any atom is -0.463 e. The van der Waals surface area contributed by atoms with E-state index in [1.54, 1.807) is 24.3 Å². The largest absolute Gasteiger partial charge is 0.463 e. The Hall–Kier alpha value is -3.80. The van der Waals surface area contributed by atoms with Crippen molar-refractivity contribution in [2.45, 2.75) is 19.3 Å². The number of hydrogen-bond acceptors (Lipinski definition) is 6. The van der Waals surface area contributed by atoms with Crippen LogP contribution < -0.4 is 5.32 Å². The van der Waals surface area contributed by atoms with Crippen molar-refractivity contribution in [3.8, 4) is 11.5 Å². The average molecular weight is 384 g/mol. The average Bonchev–Trinajstić information content (AvgIpc) is 3.26. The van der Waals surface area contributed by atoms with Crippen molar-refractivity contribution in [2.24, 2.45) is 0 Å². The van der Waals surface area contributed by atoms with Crippen LogP contribution >= 0.6 is 0 Å². The molecular formula is C23H16N2O4. The van der Waals surface area contributed by atoms with Crippen LogP contribution in [-0.2, 0) is 6.42 Å². The zero-order valence-corrected chi connectivity index (χ0v) is 15.4. The molecule has 1 N–H and O–H groups in total. The first kappa shape index (κ1) is 17.3. The quantitative estimate of drug-likeness (QED) is 0.727. The number of Topliss-reactive ketones (excluding diaryl/α,β-unsaturated/α-hetero) is 2. The molecule has 5 rings (SSSR count). The number of carbonyl (C=O) groups is 3. The normalized spacial score (nSPS) is 15.6. The van der Waals surface area contributed by atoms with Crippen molar-refractivity contribution in [1.82, 2.24) is 4.98 Å². The lowest BCUT2D eigenvalue weighted by atomic mass is 9.81. The zero-order chi connectivity index (χ0) is 20.0. The first-order chi connectivity index (χ1) is 14.1. The van der Waals surface area contributed by atoms with Crippen molar-refractivity contribution in [2.75, 3.05) is 5.32 Å². The molecule has 2 aliphatic carbocycles. The van der Waals surface area contributed by atoms with Gasteiger partial charge in [0, 0.05) is 23.7 Å². The second-order valence-corrected chi connectivity index (χ2v) is 7.03. The van der Waals surface area contributed by atoms with Crippen LogP contribution in [0.15, 0.2) is 64.9 Å². The number of benzene rings is 1. The monoisotopic (exact) mass is 384 g/mol. The Bertz CT molecular complexity index is 1190. The molecule has 0 saturated carbocycles. The summed E-state index contributed by atoms with van der Waals surface area (Å²) in [4.78, 5) is 43.7. The molecule has 0 radical (unpaired) electrons. The van der Waals surface area contributed by atoms with Gasteiger partial charge in [0.2, 0.25) is 5.78 Å². The van der Waals surface area contributed by atoms with E-state index in [2.05, 4.69) is 10.3 Å². The molecule has 0 amide bonds. The molecule has 3 aromatic rings. The highest BCUT2D eigenvalue weighted by Crippen LogP contribution is 2.36. The summed E-state index contributed by atoms with van der Waals surface area (Å²) in [7, 11) is 0. The number of nitrogens with zero attached hydrogens (tertiary/aromatic N) is 1. The van der Waals surface area contributed by atoms with E-state index in [4.69, 9.17) is 4.42 Å². The predicted octanol–water partition coefficient (Wildman–Crippen LogP) is 4.24. The summed E-state index contributed by atoms with van der Waals surface area (Å²) >= 11 is 0. The number of ketones is 3. The Morgan fingerprint density at radius 1 is 0.897 bits per heavy atom. The summed E-state index contributed by atoms with van der Waals surface area (Å²) in [6.07, 6.45) is 4.37. The maximum absolute atomic E-state index is 13.4. The standard InChI is InChI=1S/C23H16N2O4/c26-16-9-4-8-14-19(16)20-17(27)12-15(24-13-6-2-1-3-7-13)23(28)21(20)22(25-14)18-10-5-11-29-18/h1-3,5-7,10-12,24H,4,8-9H2. The molecule has 2 aromatic heterocycles. The lowest BCUT2D eigenvalue weighted by Crippen LogP contribution is -2.28. The number of allylic oxidation sites excluding steroid dienone is 2. The van der Waals surface area contributed by atoms with Gasteiger partial charge < -0.3 is 9.73 Å². The fourth-order valence-corrected chi connectivity index (χ4v) is 3.89. The third-order valence-corrected chi connectivity index (χ3v) is 5.17. The topological polar surface area (TPSA) is 89.3 Å². The van der Waals surface area contributed by atoms with Crippen LogP contribution in [0.3, 0.4) is 0 Å². The molecule has 1 aromatic carbocycles. The van der Waals surface area contributed by atoms with Crippen molar-refractivity contribution in [1.29, 1.82) is 0 Å². The summed E-state index contributed by atoms with van der Waals surface area (Å²) in [5.74, 6) is -0.512. The van der Waals surface area contributed by atoms with Crippen molar-refractivity contribution >= 4 is 23.0 Å². The number of fused-ring (bicyclic) bond motifs is 3. The number of carbonyl (C=O) groups excluding carboxylic acids is 3. The van der Waals surface area contributed by atoms with Gasteiger partial charge in [-0.3, -0.25) is 14.4 Å². The van der Waals surface area contributed by atoms with Crippen LogP contribution in [-0.4, -0.2) is 22.3 Å². The number of nitrogens with one attached hydrogen (secondary N) is 1. The predicted molar refractivity (Wildman–Crippen MR) is 106 cm³/mol. The molecule has 2 heterocycles. The van der Waals surface area contributed by atoms with Crippen molar-refractivity contribution < 1.29 is 18.8 Å². The lowest BCUT2D eigenvalue weighted by Gasteiger charge is -2.24. The number of pyridine rings is 1. The van der Waals surface area contributed by atoms with Gasteiger partial charge in [-0.15, -0.1) is 0 Å². The minimum absolute atomic E-state index is 0.125. The van der Waals surface area contributed by atoms with Crippen LogP contribution in [0.25, 0.3) is 11.5 Å². The van der Waals surface area contributed by atoms with E-state index in [-0.39, 0.29) is 39.7 Å². The van der Waals surface area contributed by atoms with Gasteiger partial charge in [-0.05, 0) is 37.1 Å². The van der Waals surface area contributed by atoms with Crippen LogP contribution in [0.5, 0.6) is 0 Å². The van der Waals surface area contributed by atoms with Gasteiger partial charge in [-0.25, -0.2) is 4.98 Å². The molecule has 29 heavy (non-hydrogen) atoms. The number of anilines is 1. The Morgan fingerprint density at radius 2 is 1.72 bits per heavy atom. The Kier molecular flexibility index (Phi) is 3.98. The van der Waals surface area contributed by atoms with Crippen LogP contribution in [0, 0.1) is 0 Å². The van der Waals surface area contributed by atoms with E-state index in [1.807, 2.05) is 18.2 Å². The second kappa shape index (κ2) is 6.67. The van der Waals surface area contributed by atoms with Gasteiger partial charge in [0.25, 0.3) is 0 Å². The van der Waals surface area contributed by atoms with E-state index < -0.39 is 0 Å². The van der Waals surface area contributed by atoms with E-state index in [1.165, 1.54) is 12.3 Å². The molecule has 0 bridgehead atoms. The van der Waals surface area contributed by atoms with Gasteiger partial charge in [-0.1, -0.05) is 18.2 Å². The molecule has 6 nitrogen and oxygen atoms in total. The van der Waals surface area contributed by atoms with Crippen LogP contribution in [0.4, 0.5) is 5.69 Å². The van der Waals surface area contributed by atoms with E-state index in [0.717, 1.165) is 0 Å². The summed E-state index contributed by atoms with van der Waals surface area (Å²) < 4.78 is 5.49. The molecule has 0 atom stereocenters. The molecule has 0 saturated heterocycles.